The van der Waals surface area contributed by atoms with E-state index in [1.54, 1.807) is 12.2 Å². The van der Waals surface area contributed by atoms with E-state index in [4.69, 9.17) is 5.11 Å². The number of benzene rings is 1. The Morgan fingerprint density at radius 1 is 1.18 bits per heavy atom. The molecule has 1 aromatic carbocycles. The van der Waals surface area contributed by atoms with Crippen LogP contribution in [0.25, 0.3) is 0 Å². The molecule has 0 saturated carbocycles. The molecule has 184 valence electrons. The molecule has 1 aliphatic heterocycles. The number of alkyl halides is 2. The number of carbonyl (C=O) groups is 2. The highest BCUT2D eigenvalue weighted by Gasteiger charge is 2.52. The molecule has 1 heterocycles. The normalized spacial score (nSPS) is 19.8. The SMILES string of the molecule is CC[C@@H](CCCc1ccccc1)[C@@H](O)C=C[C@H]1CC(F)(F)C(=O)N1CCCCCCC(=O)O. The summed E-state index contributed by atoms with van der Waals surface area (Å²) >= 11 is 0. The number of rotatable bonds is 15. The van der Waals surface area contributed by atoms with Gasteiger partial charge in [0.05, 0.1) is 12.1 Å². The molecule has 0 bridgehead atoms. The minimum absolute atomic E-state index is 0.0327. The van der Waals surface area contributed by atoms with E-state index in [0.717, 1.165) is 25.7 Å². The molecule has 7 heteroatoms. The monoisotopic (exact) mass is 465 g/mol. The number of carboxylic acid groups (broad SMARTS) is 1. The fraction of sp³-hybridized carbons (Fsp3) is 0.615. The first-order valence-corrected chi connectivity index (χ1v) is 12.1. The minimum atomic E-state index is -3.39. The predicted molar refractivity (Wildman–Crippen MR) is 124 cm³/mol. The summed E-state index contributed by atoms with van der Waals surface area (Å²) in [6.07, 6.45) is 7.84. The maximum Gasteiger partial charge on any atom is 0.327 e. The number of hydrogen-bond donors (Lipinski definition) is 2. The fourth-order valence-electron chi connectivity index (χ4n) is 4.40. The zero-order valence-electron chi connectivity index (χ0n) is 19.5. The maximum atomic E-state index is 14.1. The van der Waals surface area contributed by atoms with Gasteiger partial charge < -0.3 is 15.1 Å². The van der Waals surface area contributed by atoms with Crippen LogP contribution < -0.4 is 0 Å². The maximum absolute atomic E-state index is 14.1. The van der Waals surface area contributed by atoms with Crippen molar-refractivity contribution in [2.75, 3.05) is 6.54 Å². The number of hydrogen-bond acceptors (Lipinski definition) is 3. The summed E-state index contributed by atoms with van der Waals surface area (Å²) in [6, 6.07) is 9.41. The van der Waals surface area contributed by atoms with E-state index in [9.17, 15) is 23.5 Å². The molecule has 0 unspecified atom stereocenters. The quantitative estimate of drug-likeness (QED) is 0.275. The number of aliphatic hydroxyl groups is 1. The van der Waals surface area contributed by atoms with Crippen molar-refractivity contribution in [3.63, 3.8) is 0 Å². The summed E-state index contributed by atoms with van der Waals surface area (Å²) in [5, 5.41) is 19.3. The first-order chi connectivity index (χ1) is 15.7. The Labute approximate surface area is 195 Å². The lowest BCUT2D eigenvalue weighted by molar-refractivity contribution is -0.148. The molecule has 2 rings (SSSR count). The second kappa shape index (κ2) is 13.4. The van der Waals surface area contributed by atoms with Crippen LogP contribution in [0.4, 0.5) is 8.78 Å². The highest BCUT2D eigenvalue weighted by molar-refractivity contribution is 5.86. The molecule has 1 aliphatic rings. The van der Waals surface area contributed by atoms with Crippen molar-refractivity contribution in [1.29, 1.82) is 0 Å². The molecule has 1 saturated heterocycles. The highest BCUT2D eigenvalue weighted by atomic mass is 19.3. The largest absolute Gasteiger partial charge is 0.481 e. The summed E-state index contributed by atoms with van der Waals surface area (Å²) in [5.41, 5.74) is 1.25. The van der Waals surface area contributed by atoms with Crippen LogP contribution >= 0.6 is 0 Å². The van der Waals surface area contributed by atoms with Crippen LogP contribution in [0.15, 0.2) is 42.5 Å². The number of carbonyl (C=O) groups excluding carboxylic acids is 1. The van der Waals surface area contributed by atoms with Crippen molar-refractivity contribution in [2.45, 2.75) is 89.2 Å². The van der Waals surface area contributed by atoms with Crippen molar-refractivity contribution in [3.8, 4) is 0 Å². The first kappa shape index (κ1) is 27.0. The zero-order chi connectivity index (χ0) is 24.3. The molecular weight excluding hydrogens is 428 g/mol. The Morgan fingerprint density at radius 3 is 2.55 bits per heavy atom. The molecule has 1 aromatic rings. The van der Waals surface area contributed by atoms with Gasteiger partial charge in [-0.3, -0.25) is 9.59 Å². The molecule has 0 aromatic heterocycles. The second-order valence-electron chi connectivity index (χ2n) is 8.95. The molecule has 3 atom stereocenters. The van der Waals surface area contributed by atoms with Crippen LogP contribution in [0.5, 0.6) is 0 Å². The predicted octanol–water partition coefficient (Wildman–Crippen LogP) is 5.22. The van der Waals surface area contributed by atoms with Crippen LogP contribution in [0.2, 0.25) is 0 Å². The van der Waals surface area contributed by atoms with Gasteiger partial charge in [0, 0.05) is 19.4 Å². The third-order valence-electron chi connectivity index (χ3n) is 6.40. The summed E-state index contributed by atoms with van der Waals surface area (Å²) in [5.74, 6) is -5.36. The Hall–Kier alpha value is -2.28. The number of aryl methyl sites for hydroxylation is 1. The average molecular weight is 466 g/mol. The number of halogens is 2. The van der Waals surface area contributed by atoms with Crippen LogP contribution in [0.1, 0.15) is 70.3 Å². The van der Waals surface area contributed by atoms with Crippen LogP contribution in [0, 0.1) is 5.92 Å². The summed E-state index contributed by atoms with van der Waals surface area (Å²) in [6.45, 7) is 2.22. The van der Waals surface area contributed by atoms with E-state index in [2.05, 4.69) is 12.1 Å². The summed E-state index contributed by atoms with van der Waals surface area (Å²) < 4.78 is 28.2. The Bertz CT molecular complexity index is 769. The van der Waals surface area contributed by atoms with Gasteiger partial charge in [0.25, 0.3) is 5.91 Å². The van der Waals surface area contributed by atoms with Crippen LogP contribution in [-0.4, -0.2) is 51.6 Å². The molecule has 0 aliphatic carbocycles. The van der Waals surface area contributed by atoms with Crippen molar-refractivity contribution in [1.82, 2.24) is 4.90 Å². The number of aliphatic carboxylic acids is 1. The number of likely N-dealkylation sites (tertiary alicyclic amines) is 1. The number of unbranched alkanes of at least 4 members (excludes halogenated alkanes) is 3. The van der Waals surface area contributed by atoms with Crippen LogP contribution in [-0.2, 0) is 16.0 Å². The van der Waals surface area contributed by atoms with Gasteiger partial charge in [0.2, 0.25) is 0 Å². The summed E-state index contributed by atoms with van der Waals surface area (Å²) in [7, 11) is 0. The number of carboxylic acids is 1. The fourth-order valence-corrected chi connectivity index (χ4v) is 4.40. The number of aliphatic hydroxyl groups excluding tert-OH is 1. The van der Waals surface area contributed by atoms with Gasteiger partial charge in [-0.2, -0.15) is 8.78 Å². The Morgan fingerprint density at radius 2 is 1.88 bits per heavy atom. The topological polar surface area (TPSA) is 77.8 Å². The van der Waals surface area contributed by atoms with Gasteiger partial charge in [-0.15, -0.1) is 0 Å². The lowest BCUT2D eigenvalue weighted by atomic mass is 9.91. The molecular formula is C26H37F2NO4. The van der Waals surface area contributed by atoms with Gasteiger partial charge in [0.15, 0.2) is 0 Å². The van der Waals surface area contributed by atoms with Gasteiger partial charge in [-0.05, 0) is 43.6 Å². The Balaban J connectivity index is 1.85. The molecule has 33 heavy (non-hydrogen) atoms. The van der Waals surface area contributed by atoms with E-state index < -0.39 is 36.4 Å². The highest BCUT2D eigenvalue weighted by Crippen LogP contribution is 2.34. The molecule has 5 nitrogen and oxygen atoms in total. The van der Waals surface area contributed by atoms with Gasteiger partial charge in [-0.25, -0.2) is 0 Å². The van der Waals surface area contributed by atoms with E-state index >= 15 is 0 Å². The lowest BCUT2D eigenvalue weighted by Gasteiger charge is -2.23. The van der Waals surface area contributed by atoms with Crippen molar-refractivity contribution < 1.29 is 28.6 Å². The lowest BCUT2D eigenvalue weighted by Crippen LogP contribution is -2.36. The molecule has 1 fully saturated rings. The third kappa shape index (κ3) is 8.88. The van der Waals surface area contributed by atoms with E-state index in [-0.39, 0.29) is 18.9 Å². The van der Waals surface area contributed by atoms with Gasteiger partial charge in [0.1, 0.15) is 0 Å². The van der Waals surface area contributed by atoms with Gasteiger partial charge in [-0.1, -0.05) is 68.7 Å². The molecule has 0 radical (unpaired) electrons. The van der Waals surface area contributed by atoms with Crippen molar-refractivity contribution in [2.24, 2.45) is 5.92 Å². The molecule has 0 spiro atoms. The number of nitrogens with zero attached hydrogens (tertiary/aromatic N) is 1. The molecule has 2 N–H and O–H groups in total. The minimum Gasteiger partial charge on any atom is -0.481 e. The van der Waals surface area contributed by atoms with Gasteiger partial charge >= 0.3 is 11.9 Å². The summed E-state index contributed by atoms with van der Waals surface area (Å²) in [4.78, 5) is 23.9. The molecule has 1 amide bonds. The smallest absolute Gasteiger partial charge is 0.327 e. The Kier molecular flexibility index (Phi) is 11.0. The zero-order valence-corrected chi connectivity index (χ0v) is 19.5. The number of amides is 1. The standard InChI is InChI=1S/C26H37F2NO4/c1-2-21(14-10-13-20-11-6-5-7-12-20)23(30)17-16-22-19-26(27,28)25(33)29(22)18-9-4-3-8-15-24(31)32/h5-7,11-12,16-17,21-23,30H,2-4,8-10,13-15,18-19H2,1H3,(H,31,32)/t21-,22-,23-/m0/s1. The first-order valence-electron chi connectivity index (χ1n) is 12.1. The third-order valence-corrected chi connectivity index (χ3v) is 6.40. The van der Waals surface area contributed by atoms with E-state index in [1.165, 1.54) is 10.5 Å². The van der Waals surface area contributed by atoms with Crippen LogP contribution in [0.3, 0.4) is 0 Å². The second-order valence-corrected chi connectivity index (χ2v) is 8.95. The van der Waals surface area contributed by atoms with E-state index in [1.807, 2.05) is 25.1 Å². The van der Waals surface area contributed by atoms with Crippen molar-refractivity contribution in [3.05, 3.63) is 48.0 Å². The van der Waals surface area contributed by atoms with Crippen molar-refractivity contribution >= 4 is 11.9 Å². The average Bonchev–Trinajstić information content (AvgIpc) is 3.00. The van der Waals surface area contributed by atoms with E-state index in [0.29, 0.717) is 25.7 Å².